The first-order valence-corrected chi connectivity index (χ1v) is 21.6. The fourth-order valence-electron chi connectivity index (χ4n) is 9.12. The van der Waals surface area contributed by atoms with E-state index in [-0.39, 0.29) is 29.5 Å². The Morgan fingerprint density at radius 3 is 2.59 bits per heavy atom. The number of aryl methyl sites for hydroxylation is 2. The number of hydrogen-bond donors (Lipinski definition) is 1. The van der Waals surface area contributed by atoms with Gasteiger partial charge in [-0.3, -0.25) is 19.3 Å². The molecule has 59 heavy (non-hydrogen) atoms. The van der Waals surface area contributed by atoms with E-state index in [4.69, 9.17) is 31.6 Å². The van der Waals surface area contributed by atoms with Crippen LogP contribution in [0.4, 0.5) is 5.82 Å². The molecule has 4 aliphatic rings. The number of ether oxygens (including phenoxy) is 1. The lowest BCUT2D eigenvalue weighted by Crippen LogP contribution is -2.50. The molecular formula is C45H45ClN10O2S. The van der Waals surface area contributed by atoms with Crippen molar-refractivity contribution in [3.63, 3.8) is 0 Å². The van der Waals surface area contributed by atoms with Crippen molar-refractivity contribution >= 4 is 40.4 Å². The summed E-state index contributed by atoms with van der Waals surface area (Å²) in [5, 5.41) is 31.4. The molecule has 1 spiro atoms. The Kier molecular flexibility index (Phi) is 10.4. The Bertz CT molecular complexity index is 2550. The number of nitrogens with one attached hydrogen (secondary N) is 1. The van der Waals surface area contributed by atoms with Crippen LogP contribution >= 0.6 is 22.9 Å². The zero-order valence-electron chi connectivity index (χ0n) is 33.6. The van der Waals surface area contributed by atoms with Crippen molar-refractivity contribution in [1.82, 2.24) is 35.3 Å². The Morgan fingerprint density at radius 2 is 1.86 bits per heavy atom. The smallest absolute Gasteiger partial charge is 0.272 e. The number of hydrogen-bond acceptors (Lipinski definition) is 11. The number of pyridine rings is 1. The van der Waals surface area contributed by atoms with Crippen LogP contribution in [-0.2, 0) is 0 Å². The van der Waals surface area contributed by atoms with Crippen molar-refractivity contribution in [3.8, 4) is 28.7 Å². The van der Waals surface area contributed by atoms with E-state index in [9.17, 15) is 4.79 Å². The van der Waals surface area contributed by atoms with Crippen LogP contribution in [0.5, 0.6) is 5.75 Å². The van der Waals surface area contributed by atoms with E-state index in [1.54, 1.807) is 35.6 Å². The van der Waals surface area contributed by atoms with Crippen molar-refractivity contribution in [3.05, 3.63) is 104 Å². The number of carbonyl (C=O) groups excluding carboxylic acids is 1. The molecule has 1 aromatic carbocycles. The zero-order chi connectivity index (χ0) is 40.8. The second-order valence-electron chi connectivity index (χ2n) is 16.5. The summed E-state index contributed by atoms with van der Waals surface area (Å²) in [4.78, 5) is 26.7. The fraction of sp³-hybridized carbons (Fsp3) is 0.422. The van der Waals surface area contributed by atoms with Gasteiger partial charge in [-0.1, -0.05) is 23.4 Å². The molecule has 1 atom stereocenters. The van der Waals surface area contributed by atoms with Crippen molar-refractivity contribution < 1.29 is 9.53 Å². The van der Waals surface area contributed by atoms with Gasteiger partial charge in [0, 0.05) is 53.3 Å². The number of aliphatic imine (C=N–C) groups is 1. The van der Waals surface area contributed by atoms with Crippen molar-refractivity contribution in [1.29, 1.82) is 5.26 Å². The highest BCUT2D eigenvalue weighted by Gasteiger charge is 2.46. The highest BCUT2D eigenvalue weighted by molar-refractivity contribution is 7.15. The van der Waals surface area contributed by atoms with E-state index in [1.807, 2.05) is 25.3 Å². The van der Waals surface area contributed by atoms with Gasteiger partial charge in [-0.2, -0.15) is 5.26 Å². The average Bonchev–Trinajstić information content (AvgIpc) is 3.72. The number of benzene rings is 1. The van der Waals surface area contributed by atoms with Crippen LogP contribution < -0.4 is 15.0 Å². The van der Waals surface area contributed by atoms with E-state index in [0.717, 1.165) is 103 Å². The molecule has 1 N–H and O–H groups in total. The Hall–Kier alpha value is -5.63. The second kappa shape index (κ2) is 15.9. The lowest BCUT2D eigenvalue weighted by atomic mass is 9.58. The highest BCUT2D eigenvalue weighted by Crippen LogP contribution is 2.51. The molecule has 300 valence electrons. The number of piperidine rings is 1. The first-order chi connectivity index (χ1) is 28.6. The van der Waals surface area contributed by atoms with Crippen LogP contribution in [0.25, 0.3) is 5.00 Å². The van der Waals surface area contributed by atoms with Crippen molar-refractivity contribution in [2.24, 2.45) is 16.3 Å². The molecule has 2 aliphatic heterocycles. The summed E-state index contributed by atoms with van der Waals surface area (Å²) in [6.07, 6.45) is 9.50. The molecule has 1 saturated heterocycles. The fourth-order valence-corrected chi connectivity index (χ4v) is 10.6. The molecule has 2 aliphatic carbocycles. The topological polar surface area (TPSA) is 147 Å². The van der Waals surface area contributed by atoms with Gasteiger partial charge in [0.25, 0.3) is 5.91 Å². The van der Waals surface area contributed by atoms with Crippen LogP contribution in [0.1, 0.15) is 119 Å². The maximum absolute atomic E-state index is 13.1. The first kappa shape index (κ1) is 38.9. The molecule has 0 unspecified atom stereocenters. The average molecular weight is 825 g/mol. The van der Waals surface area contributed by atoms with E-state index < -0.39 is 0 Å². The highest BCUT2D eigenvalue weighted by atomic mass is 35.5. The summed E-state index contributed by atoms with van der Waals surface area (Å²) in [7, 11) is 0. The molecule has 6 heterocycles. The first-order valence-electron chi connectivity index (χ1n) is 20.4. The van der Waals surface area contributed by atoms with Gasteiger partial charge in [0.15, 0.2) is 17.3 Å². The molecule has 2 saturated carbocycles. The Labute approximate surface area is 353 Å². The van der Waals surface area contributed by atoms with Gasteiger partial charge in [0.2, 0.25) is 0 Å². The molecular weight excluding hydrogens is 780 g/mol. The normalized spacial score (nSPS) is 23.4. The minimum absolute atomic E-state index is 0.0322. The van der Waals surface area contributed by atoms with Gasteiger partial charge in [0.1, 0.15) is 28.7 Å². The van der Waals surface area contributed by atoms with E-state index in [1.165, 1.54) is 16.9 Å². The number of amides is 1. The third kappa shape index (κ3) is 7.70. The van der Waals surface area contributed by atoms with Crippen molar-refractivity contribution in [2.75, 3.05) is 18.0 Å². The molecule has 4 aromatic heterocycles. The lowest BCUT2D eigenvalue weighted by molar-refractivity contribution is 0.0684. The third-order valence-corrected chi connectivity index (χ3v) is 13.9. The summed E-state index contributed by atoms with van der Waals surface area (Å²) < 4.78 is 8.25. The van der Waals surface area contributed by atoms with Crippen LogP contribution in [-0.4, -0.2) is 66.8 Å². The van der Waals surface area contributed by atoms with Gasteiger partial charge in [0.05, 0.1) is 28.1 Å². The summed E-state index contributed by atoms with van der Waals surface area (Å²) in [6.45, 7) is 10.2. The van der Waals surface area contributed by atoms with E-state index >= 15 is 0 Å². The summed E-state index contributed by atoms with van der Waals surface area (Å²) >= 11 is 7.92. The number of aromatic nitrogens is 6. The number of nitrogens with zero attached hydrogens (tertiary/aromatic N) is 9. The standard InChI is InChI=1S/C45H45ClN10O2S/c1-26-28(3)59-44-40(26)41(49-27(2)42-54-51-29(4)56(42)44)37-15-8-30(24-48-37)6-7-31-21-45(22-31)18-5-19-55(25-45)39-17-16-38(52-53-39)43(57)50-33-10-13-34(14-11-33)58-35-12-9-32(23-47)36(46)20-35/h8-9,12,15-17,20,24,27,31,33-34H,5,10-11,13-14,18-19,21-22,25H2,1-4H3,(H,50,57)/t27-,31?,33?,34?,45?/m0/s1. The van der Waals surface area contributed by atoms with Crippen LogP contribution in [0.2, 0.25) is 5.02 Å². The molecule has 12 nitrogen and oxygen atoms in total. The van der Waals surface area contributed by atoms with Gasteiger partial charge in [-0.05, 0) is 126 Å². The molecule has 0 bridgehead atoms. The van der Waals surface area contributed by atoms with Gasteiger partial charge >= 0.3 is 0 Å². The molecule has 1 amide bonds. The maximum Gasteiger partial charge on any atom is 0.272 e. The van der Waals surface area contributed by atoms with Crippen LogP contribution in [0.15, 0.2) is 53.7 Å². The number of carbonyl (C=O) groups is 1. The van der Waals surface area contributed by atoms with Crippen LogP contribution in [0, 0.1) is 55.3 Å². The molecule has 9 rings (SSSR count). The Balaban J connectivity index is 0.772. The predicted octanol–water partition coefficient (Wildman–Crippen LogP) is 8.04. The van der Waals surface area contributed by atoms with Gasteiger partial charge in [-0.25, -0.2) is 0 Å². The quantitative estimate of drug-likeness (QED) is 0.168. The van der Waals surface area contributed by atoms with Crippen molar-refractivity contribution in [2.45, 2.75) is 97.2 Å². The molecule has 0 radical (unpaired) electrons. The number of thiophene rings is 1. The number of rotatable bonds is 6. The third-order valence-electron chi connectivity index (χ3n) is 12.4. The SMILES string of the molecule is Cc1sc2c(c1C)C(c1ccc(C#CC3CC4(CCCN(c5ccc(C(=O)NC6CCC(Oc7ccc(C#N)c(Cl)c7)CC6)nn5)C4)C3)cn1)=N[C@@H](C)c1nnc(C)n1-2. The van der Waals surface area contributed by atoms with Gasteiger partial charge < -0.3 is 15.0 Å². The minimum atomic E-state index is -0.205. The molecule has 14 heteroatoms. The summed E-state index contributed by atoms with van der Waals surface area (Å²) in [6, 6.07) is 14.9. The van der Waals surface area contributed by atoms with E-state index in [0.29, 0.717) is 27.9 Å². The lowest BCUT2D eigenvalue weighted by Gasteiger charge is -2.51. The number of nitriles is 1. The zero-order valence-corrected chi connectivity index (χ0v) is 35.2. The summed E-state index contributed by atoms with van der Waals surface area (Å²) in [5.74, 6) is 10.3. The molecule has 5 aromatic rings. The number of fused-ring (bicyclic) bond motifs is 3. The van der Waals surface area contributed by atoms with Gasteiger partial charge in [-0.15, -0.1) is 31.7 Å². The second-order valence-corrected chi connectivity index (χ2v) is 18.1. The monoisotopic (exact) mass is 824 g/mol. The predicted molar refractivity (Wildman–Crippen MR) is 228 cm³/mol. The Morgan fingerprint density at radius 1 is 1.03 bits per heavy atom. The summed E-state index contributed by atoms with van der Waals surface area (Å²) in [5.41, 5.74) is 5.91. The largest absolute Gasteiger partial charge is 0.490 e. The van der Waals surface area contributed by atoms with E-state index in [2.05, 4.69) is 79.9 Å². The number of anilines is 1. The molecule has 3 fully saturated rings. The number of halogens is 1. The van der Waals surface area contributed by atoms with Crippen LogP contribution in [0.3, 0.4) is 0 Å². The maximum atomic E-state index is 13.1. The minimum Gasteiger partial charge on any atom is -0.490 e.